The fourth-order valence-corrected chi connectivity index (χ4v) is 0.158. The van der Waals surface area contributed by atoms with Gasteiger partial charge in [-0.15, -0.1) is 0 Å². The number of aliphatic hydroxyl groups excluding tert-OH is 1. The zero-order chi connectivity index (χ0) is 21.3. The molecule has 0 aliphatic carbocycles. The van der Waals surface area contributed by atoms with E-state index in [9.17, 15) is 19.2 Å². The van der Waals surface area contributed by atoms with Crippen LogP contribution in [0.4, 0.5) is 0 Å². The summed E-state index contributed by atoms with van der Waals surface area (Å²) in [4.78, 5) is 37.0. The van der Waals surface area contributed by atoms with E-state index in [-0.39, 0.29) is 0 Å². The summed E-state index contributed by atoms with van der Waals surface area (Å²) in [5, 5.41) is 38.5. The summed E-state index contributed by atoms with van der Waals surface area (Å²) in [6.07, 6.45) is 5.37. The fourth-order valence-electron chi connectivity index (χ4n) is 0.158. The lowest BCUT2D eigenvalue weighted by Crippen LogP contribution is -1.82. The van der Waals surface area contributed by atoms with Crippen LogP contribution in [0.2, 0.25) is 0 Å². The van der Waals surface area contributed by atoms with Crippen molar-refractivity contribution in [1.82, 2.24) is 0 Å². The number of hydrogen-bond donors (Lipinski definition) is 5. The predicted octanol–water partition coefficient (Wildman–Crippen LogP) is 1.81. The van der Waals surface area contributed by atoms with Crippen LogP contribution in [-0.4, -0.2) is 56.0 Å². The summed E-state index contributed by atoms with van der Waals surface area (Å²) < 4.78 is 0. The van der Waals surface area contributed by atoms with E-state index in [1.165, 1.54) is 0 Å². The topological polar surface area (TPSA) is 169 Å². The highest BCUT2D eigenvalue weighted by Gasteiger charge is 1.74. The molecule has 0 saturated carbocycles. The Balaban J connectivity index is -0.0000000667. The lowest BCUT2D eigenvalue weighted by molar-refractivity contribution is -0.132. The van der Waals surface area contributed by atoms with Gasteiger partial charge in [0.15, 0.2) is 0 Å². The second-order valence-electron chi connectivity index (χ2n) is 3.25. The molecule has 0 aliphatic heterocycles. The van der Waals surface area contributed by atoms with E-state index in [0.29, 0.717) is 6.61 Å². The van der Waals surface area contributed by atoms with Crippen molar-refractivity contribution < 1.29 is 44.7 Å². The third-order valence-electron chi connectivity index (χ3n) is 1.21. The van der Waals surface area contributed by atoms with Crippen LogP contribution in [0.25, 0.3) is 0 Å². The molecule has 0 amide bonds. The van der Waals surface area contributed by atoms with Crippen LogP contribution in [0.5, 0.6) is 0 Å². The molecular weight excluding hydrogens is 336 g/mol. The number of hydrogen-bond acceptors (Lipinski definition) is 5. The molecule has 5 N–H and O–H groups in total. The number of carboxylic acid groups (broad SMARTS) is 4. The average Bonchev–Trinajstić information content (AvgIpc) is 2.57. The second kappa shape index (κ2) is 32.7. The largest absolute Gasteiger partial charge is 0.478 e. The first-order valence-electron chi connectivity index (χ1n) is 6.52. The SMILES string of the molecule is C=CC(=O)O.C=CC(=O)O.C=CC(=O)O.C=CC(=O)O.CCCCO. The highest BCUT2D eigenvalue weighted by atomic mass is 16.4. The Labute approximate surface area is 146 Å². The number of rotatable bonds is 6. The van der Waals surface area contributed by atoms with E-state index < -0.39 is 23.9 Å². The van der Waals surface area contributed by atoms with Crippen molar-refractivity contribution in [2.45, 2.75) is 19.8 Å². The summed E-state index contributed by atoms with van der Waals surface area (Å²) in [6, 6.07) is 0. The van der Waals surface area contributed by atoms with Crippen molar-refractivity contribution in [3.63, 3.8) is 0 Å². The van der Waals surface area contributed by atoms with Gasteiger partial charge in [-0.2, -0.15) is 0 Å². The molecule has 0 aliphatic rings. The van der Waals surface area contributed by atoms with E-state index in [4.69, 9.17) is 25.5 Å². The Kier molecular flexibility index (Phi) is 43.7. The molecule has 0 bridgehead atoms. The van der Waals surface area contributed by atoms with Gasteiger partial charge in [-0.3, -0.25) is 0 Å². The number of unbranched alkanes of at least 4 members (excludes halogenated alkanes) is 1. The highest BCUT2D eigenvalue weighted by Crippen LogP contribution is 1.78. The van der Waals surface area contributed by atoms with Crippen LogP contribution >= 0.6 is 0 Å². The minimum absolute atomic E-state index is 0.344. The average molecular weight is 362 g/mol. The molecule has 0 spiro atoms. The van der Waals surface area contributed by atoms with E-state index in [1.807, 2.05) is 0 Å². The fraction of sp³-hybridized carbons (Fsp3) is 0.250. The van der Waals surface area contributed by atoms with Crippen molar-refractivity contribution in [3.8, 4) is 0 Å². The standard InChI is InChI=1S/C4H10O.4C3H4O2/c1-2-3-4-5;4*1-2-3(4)5/h5H,2-4H2,1H3;4*2H,1H2,(H,4,5). The Morgan fingerprint density at radius 3 is 0.840 bits per heavy atom. The lowest BCUT2D eigenvalue weighted by atomic mass is 10.4. The van der Waals surface area contributed by atoms with E-state index in [2.05, 4.69) is 33.2 Å². The van der Waals surface area contributed by atoms with E-state index >= 15 is 0 Å². The molecule has 0 rings (SSSR count). The number of aliphatic carboxylic acids is 4. The van der Waals surface area contributed by atoms with Crippen LogP contribution in [0.3, 0.4) is 0 Å². The zero-order valence-electron chi connectivity index (χ0n) is 14.1. The van der Waals surface area contributed by atoms with Crippen molar-refractivity contribution in [2.75, 3.05) is 6.61 Å². The van der Waals surface area contributed by atoms with Crippen LogP contribution in [0.15, 0.2) is 50.6 Å². The minimum Gasteiger partial charge on any atom is -0.478 e. The highest BCUT2D eigenvalue weighted by molar-refractivity contribution is 5.79. The van der Waals surface area contributed by atoms with Gasteiger partial charge in [0.25, 0.3) is 0 Å². The third-order valence-corrected chi connectivity index (χ3v) is 1.21. The number of carbonyl (C=O) groups is 4. The molecule has 0 aromatic rings. The maximum absolute atomic E-state index is 9.25. The monoisotopic (exact) mass is 362 g/mol. The summed E-state index contributed by atoms with van der Waals surface area (Å²) in [7, 11) is 0. The molecular formula is C16H26O9. The molecule has 9 heteroatoms. The Hall–Kier alpha value is -3.20. The van der Waals surface area contributed by atoms with Gasteiger partial charge in [-0.25, -0.2) is 19.2 Å². The predicted molar refractivity (Wildman–Crippen MR) is 93.3 cm³/mol. The number of carboxylic acids is 4. The van der Waals surface area contributed by atoms with Gasteiger partial charge in [0.2, 0.25) is 0 Å². The summed E-state index contributed by atoms with van der Waals surface area (Å²) >= 11 is 0. The molecule has 0 aromatic heterocycles. The van der Waals surface area contributed by atoms with Gasteiger partial charge in [0.05, 0.1) is 0 Å². The van der Waals surface area contributed by atoms with Crippen molar-refractivity contribution in [2.24, 2.45) is 0 Å². The molecule has 0 atom stereocenters. The summed E-state index contributed by atoms with van der Waals surface area (Å²) in [5.41, 5.74) is 0. The van der Waals surface area contributed by atoms with Gasteiger partial charge in [-0.05, 0) is 6.42 Å². The van der Waals surface area contributed by atoms with Gasteiger partial charge in [-0.1, -0.05) is 39.7 Å². The van der Waals surface area contributed by atoms with Crippen molar-refractivity contribution in [3.05, 3.63) is 50.6 Å². The van der Waals surface area contributed by atoms with E-state index in [0.717, 1.165) is 37.1 Å². The third kappa shape index (κ3) is 159. The minimum atomic E-state index is -0.981. The van der Waals surface area contributed by atoms with Crippen LogP contribution < -0.4 is 0 Å². The maximum atomic E-state index is 9.25. The first-order valence-corrected chi connectivity index (χ1v) is 6.52. The first kappa shape index (κ1) is 33.4. The normalized spacial score (nSPS) is 6.80. The quantitative estimate of drug-likeness (QED) is 0.442. The smallest absolute Gasteiger partial charge is 0.327 e. The van der Waals surface area contributed by atoms with Crippen LogP contribution in [0, 0.1) is 0 Å². The lowest BCUT2D eigenvalue weighted by Gasteiger charge is -1.79. The van der Waals surface area contributed by atoms with Crippen LogP contribution in [0.1, 0.15) is 19.8 Å². The van der Waals surface area contributed by atoms with Crippen molar-refractivity contribution >= 4 is 23.9 Å². The zero-order valence-corrected chi connectivity index (χ0v) is 14.1. The molecule has 0 fully saturated rings. The number of aliphatic hydroxyl groups is 1. The molecule has 0 saturated heterocycles. The first-order chi connectivity index (χ1) is 11.5. The van der Waals surface area contributed by atoms with Gasteiger partial charge in [0.1, 0.15) is 0 Å². The Bertz CT molecular complexity index is 338. The Morgan fingerprint density at radius 1 is 0.680 bits per heavy atom. The van der Waals surface area contributed by atoms with Gasteiger partial charge < -0.3 is 25.5 Å². The maximum Gasteiger partial charge on any atom is 0.327 e. The summed E-state index contributed by atoms with van der Waals surface area (Å²) in [5.74, 6) is -3.93. The van der Waals surface area contributed by atoms with Gasteiger partial charge >= 0.3 is 23.9 Å². The van der Waals surface area contributed by atoms with Crippen LogP contribution in [-0.2, 0) is 19.2 Å². The molecule has 25 heavy (non-hydrogen) atoms. The molecule has 0 radical (unpaired) electrons. The molecule has 144 valence electrons. The second-order valence-corrected chi connectivity index (χ2v) is 3.25. The van der Waals surface area contributed by atoms with Gasteiger partial charge in [0, 0.05) is 30.9 Å². The van der Waals surface area contributed by atoms with Crippen molar-refractivity contribution in [1.29, 1.82) is 0 Å². The molecule has 0 heterocycles. The van der Waals surface area contributed by atoms with E-state index in [1.54, 1.807) is 0 Å². The summed E-state index contributed by atoms with van der Waals surface area (Å²) in [6.45, 7) is 14.2. The molecule has 0 unspecified atom stereocenters. The molecule has 0 aromatic carbocycles. The molecule has 9 nitrogen and oxygen atoms in total. The Morgan fingerprint density at radius 2 is 0.840 bits per heavy atom.